The van der Waals surface area contributed by atoms with Crippen molar-refractivity contribution < 1.29 is 5.11 Å². The topological polar surface area (TPSA) is 23.5 Å². The van der Waals surface area contributed by atoms with Gasteiger partial charge in [0.1, 0.15) is 5.75 Å². The first-order valence-electron chi connectivity index (χ1n) is 18.7. The molecule has 0 bridgehead atoms. The van der Waals surface area contributed by atoms with Crippen LogP contribution in [-0.4, -0.2) is 17.7 Å². The van der Waals surface area contributed by atoms with Crippen molar-refractivity contribution in [2.45, 2.75) is 24.8 Å². The fourth-order valence-corrected chi connectivity index (χ4v) is 14.5. The van der Waals surface area contributed by atoms with E-state index in [0.717, 1.165) is 6.54 Å². The molecule has 228 valence electrons. The largest absolute Gasteiger partial charge is 0.508 e. The Morgan fingerprint density at radius 1 is 0.392 bits per heavy atom. The average Bonchev–Trinajstić information content (AvgIpc) is 4.00. The third kappa shape index (κ3) is 1.71. The van der Waals surface area contributed by atoms with Crippen LogP contribution in [-0.2, 0) is 0 Å². The quantitative estimate of drug-likeness (QED) is 0.181. The number of phenols is 1. The number of phenolic OH excluding ortho intramolecular Hbond substituents is 1. The number of fused-ring (bicyclic) bond motifs is 8. The van der Waals surface area contributed by atoms with E-state index < -0.39 is 0 Å². The van der Waals surface area contributed by atoms with Gasteiger partial charge in [0.2, 0.25) is 0 Å². The fraction of sp³-hybridized carbons (Fsp3) is 0.102. The third-order valence-corrected chi connectivity index (χ3v) is 15.8. The zero-order valence-corrected chi connectivity index (χ0v) is 27.3. The van der Waals surface area contributed by atoms with Gasteiger partial charge in [-0.15, -0.1) is 0 Å². The van der Waals surface area contributed by atoms with Crippen molar-refractivity contribution in [2.24, 2.45) is 0 Å². The van der Waals surface area contributed by atoms with Gasteiger partial charge >= 0.3 is 0 Å². The molecule has 1 N–H and O–H groups in total. The number of aromatic hydroxyl groups is 1. The summed E-state index contributed by atoms with van der Waals surface area (Å²) in [4.78, 5) is 2.65. The molecule has 1 saturated heterocycles. The summed E-state index contributed by atoms with van der Waals surface area (Å²) in [6.07, 6.45) is 0. The maximum Gasteiger partial charge on any atom is 0.115 e. The zero-order chi connectivity index (χ0) is 32.0. The Morgan fingerprint density at radius 2 is 0.725 bits per heavy atom. The Morgan fingerprint density at radius 3 is 1.18 bits per heavy atom. The van der Waals surface area contributed by atoms with Crippen LogP contribution in [0, 0.1) is 0 Å². The van der Waals surface area contributed by atoms with Crippen LogP contribution in [0.4, 0.5) is 5.69 Å². The van der Waals surface area contributed by atoms with Gasteiger partial charge in [0.05, 0.1) is 0 Å². The summed E-state index contributed by atoms with van der Waals surface area (Å²) < 4.78 is 0. The molecule has 18 rings (SSSR count). The Labute approximate surface area is 286 Å². The second-order valence-corrected chi connectivity index (χ2v) is 17.0. The molecule has 0 spiro atoms. The van der Waals surface area contributed by atoms with E-state index in [1.54, 1.807) is 86.5 Å². The van der Waals surface area contributed by atoms with Gasteiger partial charge in [-0.05, 0) is 193 Å². The molecule has 0 aromatic heterocycles. The van der Waals surface area contributed by atoms with Crippen molar-refractivity contribution in [3.05, 3.63) is 83.9 Å². The van der Waals surface area contributed by atoms with Gasteiger partial charge in [0, 0.05) is 30.1 Å². The minimum atomic E-state index is 0.318. The number of rotatable bonds is 1. The van der Waals surface area contributed by atoms with E-state index in [4.69, 9.17) is 0 Å². The zero-order valence-electron chi connectivity index (χ0n) is 27.3. The lowest BCUT2D eigenvalue weighted by molar-refractivity contribution is 0.475. The second kappa shape index (κ2) is 6.11. The molecule has 0 radical (unpaired) electrons. The normalized spacial score (nSPS) is 20.8. The molecule has 0 amide bonds. The summed E-state index contributed by atoms with van der Waals surface area (Å²) in [6, 6.07) is 28.2. The van der Waals surface area contributed by atoms with Crippen LogP contribution in [0.1, 0.15) is 29.9 Å². The minimum absolute atomic E-state index is 0.318. The molecule has 16 aromatic carbocycles. The molecule has 2 aliphatic rings. The first-order chi connectivity index (χ1) is 25.2. The molecule has 51 heavy (non-hydrogen) atoms. The lowest BCUT2D eigenvalue weighted by Crippen LogP contribution is -2.29. The van der Waals surface area contributed by atoms with Crippen molar-refractivity contribution in [3.8, 4) is 5.75 Å². The predicted molar refractivity (Wildman–Crippen MR) is 216 cm³/mol. The summed E-state index contributed by atoms with van der Waals surface area (Å²) in [6.45, 7) is 3.46. The van der Waals surface area contributed by atoms with Crippen molar-refractivity contribution in [3.63, 3.8) is 0 Å². The van der Waals surface area contributed by atoms with E-state index in [1.165, 1.54) is 81.1 Å². The Hall–Kier alpha value is -6.12. The summed E-state index contributed by atoms with van der Waals surface area (Å²) >= 11 is 0. The Balaban J connectivity index is 1.24. The number of hydrogen-bond donors (Lipinski definition) is 1. The molecule has 3 atom stereocenters. The Kier molecular flexibility index (Phi) is 2.71. The molecule has 2 nitrogen and oxygen atoms in total. The number of hydrogen-bond acceptors (Lipinski definition) is 2. The minimum Gasteiger partial charge on any atom is -0.508 e. The van der Waals surface area contributed by atoms with Crippen LogP contribution in [0.25, 0.3) is 151 Å². The highest BCUT2D eigenvalue weighted by molar-refractivity contribution is 6.69. The van der Waals surface area contributed by atoms with Crippen LogP contribution in [0.5, 0.6) is 5.75 Å². The summed E-state index contributed by atoms with van der Waals surface area (Å²) in [5, 5.41) is 52.9. The molecule has 2 heteroatoms. The van der Waals surface area contributed by atoms with Crippen LogP contribution in [0.15, 0.2) is 72.8 Å². The first-order valence-corrected chi connectivity index (χ1v) is 18.7. The summed E-state index contributed by atoms with van der Waals surface area (Å²) in [5.41, 5.74) is 4.44. The van der Waals surface area contributed by atoms with Crippen molar-refractivity contribution in [1.82, 2.24) is 0 Å². The summed E-state index contributed by atoms with van der Waals surface area (Å²) in [5.74, 6) is 1.10. The van der Waals surface area contributed by atoms with Gasteiger partial charge in [-0.1, -0.05) is 48.5 Å². The van der Waals surface area contributed by atoms with Crippen LogP contribution < -0.4 is 4.90 Å². The van der Waals surface area contributed by atoms with Crippen LogP contribution >= 0.6 is 0 Å². The smallest absolute Gasteiger partial charge is 0.115 e. The van der Waals surface area contributed by atoms with Gasteiger partial charge in [-0.25, -0.2) is 0 Å². The third-order valence-electron chi connectivity index (χ3n) is 15.8. The fourth-order valence-electron chi connectivity index (χ4n) is 14.5. The predicted octanol–water partition coefficient (Wildman–Crippen LogP) is 12.9. The molecule has 1 aliphatic carbocycles. The maximum atomic E-state index is 10.2. The maximum absolute atomic E-state index is 10.2. The van der Waals surface area contributed by atoms with E-state index in [9.17, 15) is 5.11 Å². The monoisotopic (exact) mass is 639 g/mol. The highest BCUT2D eigenvalue weighted by Crippen LogP contribution is 2.70. The Bertz CT molecular complexity index is 4150. The molecular formula is C49H21NO. The molecule has 1 aliphatic heterocycles. The van der Waals surface area contributed by atoms with Gasteiger partial charge in [-0.2, -0.15) is 0 Å². The molecule has 3 unspecified atom stereocenters. The lowest BCUT2D eigenvalue weighted by atomic mass is 9.74. The van der Waals surface area contributed by atoms with Gasteiger partial charge in [0.25, 0.3) is 0 Å². The van der Waals surface area contributed by atoms with E-state index in [1.807, 2.05) is 12.1 Å². The second-order valence-electron chi connectivity index (χ2n) is 17.0. The number of benzene rings is 10. The standard InChI is InChI=1S/C49H21NO/c1-15-27-26(14-50(15)16-2-4-17(51)5-3-16)28-24-12-10-22-20-8-6-18-19-7-9-21-23-11-13-25-35(27)42-38(28)43-36(24)33(22)40-31(20)29(18)39-30(19)32(21)41-34(23)37(25)44(42)49-47(41)45(39)46(40)48(43)49/h2-13,15,26-27,51H,14H2,1H3. The van der Waals surface area contributed by atoms with Crippen LogP contribution in [0.3, 0.4) is 0 Å². The highest BCUT2D eigenvalue weighted by atomic mass is 16.3. The molecule has 1 heterocycles. The van der Waals surface area contributed by atoms with E-state index in [-0.39, 0.29) is 0 Å². The van der Waals surface area contributed by atoms with Gasteiger partial charge < -0.3 is 10.0 Å². The van der Waals surface area contributed by atoms with Gasteiger partial charge in [0.15, 0.2) is 0 Å². The van der Waals surface area contributed by atoms with Gasteiger partial charge in [-0.3, -0.25) is 0 Å². The lowest BCUT2D eigenvalue weighted by Gasteiger charge is -2.29. The molecule has 1 fully saturated rings. The highest BCUT2D eigenvalue weighted by Gasteiger charge is 2.50. The van der Waals surface area contributed by atoms with E-state index in [0.29, 0.717) is 23.6 Å². The SMILES string of the molecule is CC1C2c3c4ccc5c6ccc7c8ccc9c%10ccc%11c(c%12c3c3c4c5c4c6c7c5c8c9c6c%10c%11c%12c7c3c4c5c67)C2CN1c1ccc(O)cc1. The molecule has 0 saturated carbocycles. The van der Waals surface area contributed by atoms with Crippen molar-refractivity contribution in [1.29, 1.82) is 0 Å². The van der Waals surface area contributed by atoms with E-state index in [2.05, 4.69) is 72.5 Å². The molecular weight excluding hydrogens is 619 g/mol. The number of nitrogens with zero attached hydrogens (tertiary/aromatic N) is 1. The van der Waals surface area contributed by atoms with Crippen LogP contribution in [0.2, 0.25) is 0 Å². The van der Waals surface area contributed by atoms with Crippen molar-refractivity contribution >= 4 is 157 Å². The van der Waals surface area contributed by atoms with E-state index >= 15 is 0 Å². The summed E-state index contributed by atoms with van der Waals surface area (Å²) in [7, 11) is 0. The number of anilines is 1. The first kappa shape index (κ1) is 22.6. The average molecular weight is 640 g/mol. The molecule has 16 aromatic rings. The van der Waals surface area contributed by atoms with Crippen molar-refractivity contribution in [2.75, 3.05) is 11.4 Å².